The largest absolute Gasteiger partial charge is 0.364 e. The van der Waals surface area contributed by atoms with Gasteiger partial charge in [-0.05, 0) is 35.9 Å². The van der Waals surface area contributed by atoms with E-state index in [1.807, 2.05) is 17.5 Å². The second kappa shape index (κ2) is 2.23. The maximum absolute atomic E-state index is 3.29. The van der Waals surface area contributed by atoms with Crippen LogP contribution in [-0.4, -0.2) is 4.98 Å². The first-order valence-electron chi connectivity index (χ1n) is 4.18. The van der Waals surface area contributed by atoms with Gasteiger partial charge in [-0.1, -0.05) is 0 Å². The van der Waals surface area contributed by atoms with Gasteiger partial charge in [-0.3, -0.25) is 0 Å². The van der Waals surface area contributed by atoms with Gasteiger partial charge in [0.05, 0.1) is 0 Å². The summed E-state index contributed by atoms with van der Waals surface area (Å²) in [7, 11) is 0. The highest BCUT2D eigenvalue weighted by Gasteiger charge is 2.16. The highest BCUT2D eigenvalue weighted by atomic mass is 32.1. The van der Waals surface area contributed by atoms with E-state index < -0.39 is 0 Å². The number of rotatable bonds is 0. The van der Waals surface area contributed by atoms with Crippen LogP contribution in [0.1, 0.15) is 11.3 Å². The van der Waals surface area contributed by atoms with Crippen LogP contribution in [0.5, 0.6) is 0 Å². The Labute approximate surface area is 75.1 Å². The summed E-state index contributed by atoms with van der Waals surface area (Å²) in [6, 6.07) is 4.43. The van der Waals surface area contributed by atoms with Crippen molar-refractivity contribution in [3.63, 3.8) is 0 Å². The van der Waals surface area contributed by atoms with Crippen molar-refractivity contribution in [3.05, 3.63) is 35.0 Å². The second-order valence-electron chi connectivity index (χ2n) is 3.14. The molecule has 2 heteroatoms. The fourth-order valence-electron chi connectivity index (χ4n) is 1.85. The van der Waals surface area contributed by atoms with Crippen molar-refractivity contribution in [3.8, 4) is 10.4 Å². The Morgan fingerprint density at radius 2 is 2.25 bits per heavy atom. The quantitative estimate of drug-likeness (QED) is 0.633. The molecule has 1 N–H and O–H groups in total. The fraction of sp³-hybridized carbons (Fsp3) is 0.200. The molecule has 0 saturated heterocycles. The van der Waals surface area contributed by atoms with Gasteiger partial charge in [-0.2, -0.15) is 0 Å². The molecule has 1 aliphatic rings. The van der Waals surface area contributed by atoms with Crippen molar-refractivity contribution >= 4 is 11.3 Å². The minimum absolute atomic E-state index is 1.17. The minimum atomic E-state index is 1.17. The highest BCUT2D eigenvalue weighted by Crippen LogP contribution is 2.36. The Balaban J connectivity index is 2.32. The van der Waals surface area contributed by atoms with Crippen LogP contribution >= 0.6 is 11.3 Å². The van der Waals surface area contributed by atoms with E-state index in [2.05, 4.69) is 22.5 Å². The average molecular weight is 175 g/mol. The average Bonchev–Trinajstić information content (AvgIpc) is 2.71. The van der Waals surface area contributed by atoms with Crippen LogP contribution in [0, 0.1) is 0 Å². The van der Waals surface area contributed by atoms with Gasteiger partial charge in [0.1, 0.15) is 0 Å². The van der Waals surface area contributed by atoms with Crippen molar-refractivity contribution in [1.29, 1.82) is 0 Å². The molecule has 0 unspecified atom stereocenters. The molecule has 0 radical (unpaired) electrons. The summed E-state index contributed by atoms with van der Waals surface area (Å²) < 4.78 is 0. The van der Waals surface area contributed by atoms with Crippen LogP contribution in [0.15, 0.2) is 23.7 Å². The molecule has 2 heterocycles. The van der Waals surface area contributed by atoms with Gasteiger partial charge >= 0.3 is 0 Å². The van der Waals surface area contributed by atoms with Crippen molar-refractivity contribution in [1.82, 2.24) is 4.98 Å². The van der Waals surface area contributed by atoms with Gasteiger partial charge in [-0.25, -0.2) is 0 Å². The number of fused-ring (bicyclic) bond motifs is 3. The predicted octanol–water partition coefficient (Wildman–Crippen LogP) is 2.84. The van der Waals surface area contributed by atoms with Crippen LogP contribution in [0.2, 0.25) is 0 Å². The molecule has 1 nitrogen and oxygen atoms in total. The van der Waals surface area contributed by atoms with E-state index in [0.717, 1.165) is 0 Å². The molecule has 0 aromatic carbocycles. The van der Waals surface area contributed by atoms with Gasteiger partial charge in [0.2, 0.25) is 0 Å². The molecule has 0 spiro atoms. The van der Waals surface area contributed by atoms with E-state index in [4.69, 9.17) is 0 Å². The SMILES string of the molecule is c1cc2c([nH]1)CCc1ccsc1-2. The highest BCUT2D eigenvalue weighted by molar-refractivity contribution is 7.13. The number of hydrogen-bond acceptors (Lipinski definition) is 1. The van der Waals surface area contributed by atoms with Crippen LogP contribution in [0.3, 0.4) is 0 Å². The van der Waals surface area contributed by atoms with E-state index in [0.29, 0.717) is 0 Å². The zero-order valence-electron chi connectivity index (χ0n) is 6.63. The van der Waals surface area contributed by atoms with Crippen LogP contribution < -0.4 is 0 Å². The first-order chi connectivity index (χ1) is 5.95. The Bertz CT molecular complexity index is 371. The van der Waals surface area contributed by atoms with Crippen molar-refractivity contribution < 1.29 is 0 Å². The molecule has 3 rings (SSSR count). The van der Waals surface area contributed by atoms with Gasteiger partial charge in [0.15, 0.2) is 0 Å². The van der Waals surface area contributed by atoms with Gasteiger partial charge < -0.3 is 4.98 Å². The smallest absolute Gasteiger partial charge is 0.0392 e. The monoisotopic (exact) mass is 175 g/mol. The third kappa shape index (κ3) is 0.730. The number of aryl methyl sites for hydroxylation is 2. The van der Waals surface area contributed by atoms with Crippen molar-refractivity contribution in [2.24, 2.45) is 0 Å². The molecule has 1 aliphatic carbocycles. The number of H-pyrrole nitrogens is 1. The summed E-state index contributed by atoms with van der Waals surface area (Å²) in [6.07, 6.45) is 4.41. The number of aromatic nitrogens is 1. The van der Waals surface area contributed by atoms with E-state index >= 15 is 0 Å². The van der Waals surface area contributed by atoms with E-state index in [1.165, 1.54) is 34.5 Å². The van der Waals surface area contributed by atoms with E-state index in [1.54, 1.807) is 0 Å². The Morgan fingerprint density at radius 1 is 1.25 bits per heavy atom. The molecular weight excluding hydrogens is 166 g/mol. The molecule has 0 fully saturated rings. The third-order valence-corrected chi connectivity index (χ3v) is 3.46. The predicted molar refractivity (Wildman–Crippen MR) is 51.5 cm³/mol. The number of aromatic amines is 1. The fourth-order valence-corrected chi connectivity index (χ4v) is 2.86. The first kappa shape index (κ1) is 6.49. The Morgan fingerprint density at radius 3 is 3.25 bits per heavy atom. The second-order valence-corrected chi connectivity index (χ2v) is 4.06. The summed E-state index contributed by atoms with van der Waals surface area (Å²) in [5, 5.41) is 2.19. The standard InChI is InChI=1S/C10H9NS/c1-2-9-8(3-5-11-9)10-7(1)4-6-12-10/h3-6,11H,1-2H2. The third-order valence-electron chi connectivity index (χ3n) is 2.47. The van der Waals surface area contributed by atoms with Gasteiger partial charge in [-0.15, -0.1) is 11.3 Å². The Kier molecular flexibility index (Phi) is 1.21. The van der Waals surface area contributed by atoms with Gasteiger partial charge in [0.25, 0.3) is 0 Å². The topological polar surface area (TPSA) is 15.8 Å². The van der Waals surface area contributed by atoms with Crippen LogP contribution in [-0.2, 0) is 12.8 Å². The summed E-state index contributed by atoms with van der Waals surface area (Å²) in [4.78, 5) is 4.76. The maximum atomic E-state index is 3.29. The van der Waals surface area contributed by atoms with Gasteiger partial charge in [0, 0.05) is 22.3 Å². The Hall–Kier alpha value is -1.02. The van der Waals surface area contributed by atoms with E-state index in [-0.39, 0.29) is 0 Å². The lowest BCUT2D eigenvalue weighted by Gasteiger charge is -2.10. The summed E-state index contributed by atoms with van der Waals surface area (Å²) >= 11 is 1.85. The maximum Gasteiger partial charge on any atom is 0.0392 e. The molecule has 0 aliphatic heterocycles. The molecule has 2 aromatic rings. The van der Waals surface area contributed by atoms with Crippen LogP contribution in [0.4, 0.5) is 0 Å². The zero-order chi connectivity index (χ0) is 7.97. The molecule has 0 bridgehead atoms. The lowest BCUT2D eigenvalue weighted by Crippen LogP contribution is -1.99. The number of thiophene rings is 1. The minimum Gasteiger partial charge on any atom is -0.364 e. The lowest BCUT2D eigenvalue weighted by atomic mass is 9.98. The van der Waals surface area contributed by atoms with E-state index in [9.17, 15) is 0 Å². The number of nitrogens with one attached hydrogen (secondary N) is 1. The normalized spacial score (nSPS) is 14.0. The van der Waals surface area contributed by atoms with Crippen molar-refractivity contribution in [2.75, 3.05) is 0 Å². The number of hydrogen-bond donors (Lipinski definition) is 1. The molecule has 0 saturated carbocycles. The molecule has 0 atom stereocenters. The summed E-state index contributed by atoms with van der Waals surface area (Å²) in [5.74, 6) is 0. The molecule has 0 amide bonds. The molecule has 12 heavy (non-hydrogen) atoms. The summed E-state index contributed by atoms with van der Waals surface area (Å²) in [5.41, 5.74) is 4.35. The van der Waals surface area contributed by atoms with Crippen LogP contribution in [0.25, 0.3) is 10.4 Å². The molecule has 2 aromatic heterocycles. The van der Waals surface area contributed by atoms with Crippen molar-refractivity contribution in [2.45, 2.75) is 12.8 Å². The molecule has 60 valence electrons. The zero-order valence-corrected chi connectivity index (χ0v) is 7.45. The lowest BCUT2D eigenvalue weighted by molar-refractivity contribution is 0.916. The first-order valence-corrected chi connectivity index (χ1v) is 5.06. The molecular formula is C10H9NS. The summed E-state index contributed by atoms with van der Waals surface area (Å²) in [6.45, 7) is 0.